The summed E-state index contributed by atoms with van der Waals surface area (Å²) in [6, 6.07) is 12.3. The third-order valence-electron chi connectivity index (χ3n) is 6.68. The summed E-state index contributed by atoms with van der Waals surface area (Å²) in [4.78, 5) is 27.4. The number of carbonyl (C=O) groups is 2. The van der Waals surface area contributed by atoms with Crippen LogP contribution in [0.5, 0.6) is 5.75 Å². The quantitative estimate of drug-likeness (QED) is 0.178. The second-order valence-corrected chi connectivity index (χ2v) is 11.4. The second-order valence-electron chi connectivity index (χ2n) is 9.69. The Kier molecular flexibility index (Phi) is 10.1. The zero-order valence-corrected chi connectivity index (χ0v) is 23.1. The summed E-state index contributed by atoms with van der Waals surface area (Å²) in [6.07, 6.45) is 5.30. The van der Waals surface area contributed by atoms with E-state index in [-0.39, 0.29) is 30.0 Å². The first-order valence-corrected chi connectivity index (χ1v) is 14.4. The number of hydrogen-bond acceptors (Lipinski definition) is 5. The van der Waals surface area contributed by atoms with Crippen molar-refractivity contribution in [1.29, 1.82) is 0 Å². The van der Waals surface area contributed by atoms with Crippen LogP contribution in [0, 0.1) is 0 Å². The van der Waals surface area contributed by atoms with Crippen LogP contribution in [0.3, 0.4) is 0 Å². The molecule has 1 heterocycles. The number of nitrogens with zero attached hydrogens (tertiary/aromatic N) is 1. The Morgan fingerprint density at radius 1 is 1.08 bits per heavy atom. The fourth-order valence-corrected chi connectivity index (χ4v) is 5.93. The van der Waals surface area contributed by atoms with E-state index in [1.807, 2.05) is 30.3 Å². The molecule has 2 aromatic carbocycles. The molecule has 5 nitrogen and oxygen atoms in total. The normalized spacial score (nSPS) is 17.6. The van der Waals surface area contributed by atoms with Crippen molar-refractivity contribution < 1.29 is 27.5 Å². The minimum Gasteiger partial charge on any atom is -0.490 e. The highest BCUT2D eigenvalue weighted by molar-refractivity contribution is 8.26. The van der Waals surface area contributed by atoms with Crippen molar-refractivity contribution in [3.63, 3.8) is 0 Å². The molecular formula is C29H31F3N2O3S2. The van der Waals surface area contributed by atoms with Crippen molar-refractivity contribution >= 4 is 51.9 Å². The van der Waals surface area contributed by atoms with Gasteiger partial charge in [0.25, 0.3) is 5.91 Å². The minimum atomic E-state index is -4.46. The number of amides is 2. The number of halogens is 3. The van der Waals surface area contributed by atoms with Crippen molar-refractivity contribution in [2.75, 3.05) is 11.9 Å². The third kappa shape index (κ3) is 8.32. The average molecular weight is 577 g/mol. The number of anilines is 1. The standard InChI is InChI=1S/C29H31F3N2O3S2/c30-29(31,32)21-11-9-12-22(19-21)33-26(35)16-5-2-8-17-34-27(36)25(39-28(34)38)18-20-10-6-7-15-24(20)37-23-13-3-1-4-14-23/h6-7,9-12,15,18-19,23H,1-5,8,13-14,16-17H2,(H,33,35)/b25-18-. The molecule has 2 fully saturated rings. The molecule has 0 bridgehead atoms. The first kappa shape index (κ1) is 29.1. The molecule has 0 atom stereocenters. The predicted octanol–water partition coefficient (Wildman–Crippen LogP) is 7.82. The first-order valence-electron chi connectivity index (χ1n) is 13.2. The summed E-state index contributed by atoms with van der Waals surface area (Å²) in [5, 5.41) is 2.51. The monoisotopic (exact) mass is 576 g/mol. The number of hydrogen-bond donors (Lipinski definition) is 1. The average Bonchev–Trinajstić information content (AvgIpc) is 3.17. The molecular weight excluding hydrogens is 545 g/mol. The highest BCUT2D eigenvalue weighted by Crippen LogP contribution is 2.35. The van der Waals surface area contributed by atoms with Crippen molar-refractivity contribution in [1.82, 2.24) is 4.90 Å². The van der Waals surface area contributed by atoms with Crippen molar-refractivity contribution in [2.45, 2.75) is 70.1 Å². The van der Waals surface area contributed by atoms with Crippen LogP contribution in [0.1, 0.15) is 68.9 Å². The lowest BCUT2D eigenvalue weighted by molar-refractivity contribution is -0.137. The molecule has 2 aromatic rings. The van der Waals surface area contributed by atoms with Gasteiger partial charge in [0.05, 0.1) is 16.6 Å². The lowest BCUT2D eigenvalue weighted by Crippen LogP contribution is -2.29. The summed E-state index contributed by atoms with van der Waals surface area (Å²) in [5.41, 5.74) is 0.165. The number of carbonyl (C=O) groups excluding carboxylic acids is 2. The number of thioether (sulfide) groups is 1. The summed E-state index contributed by atoms with van der Waals surface area (Å²) in [5.74, 6) is 0.287. The fourth-order valence-electron chi connectivity index (χ4n) is 4.63. The molecule has 2 amide bonds. The molecule has 1 saturated carbocycles. The number of nitrogens with one attached hydrogen (secondary N) is 1. The maximum absolute atomic E-state index is 13.1. The number of benzene rings is 2. The van der Waals surface area contributed by atoms with Crippen LogP contribution < -0.4 is 10.1 Å². The number of ether oxygens (including phenoxy) is 1. The Balaban J connectivity index is 1.24. The summed E-state index contributed by atoms with van der Waals surface area (Å²) in [6.45, 7) is 0.442. The topological polar surface area (TPSA) is 58.6 Å². The predicted molar refractivity (Wildman–Crippen MR) is 152 cm³/mol. The number of para-hydroxylation sites is 1. The fraction of sp³-hybridized carbons (Fsp3) is 0.414. The highest BCUT2D eigenvalue weighted by atomic mass is 32.2. The van der Waals surface area contributed by atoms with Crippen LogP contribution in [0.4, 0.5) is 18.9 Å². The van der Waals surface area contributed by atoms with Gasteiger partial charge in [0.2, 0.25) is 5.91 Å². The number of rotatable bonds is 10. The summed E-state index contributed by atoms with van der Waals surface area (Å²) < 4.78 is 45.3. The second kappa shape index (κ2) is 13.5. The molecule has 1 N–H and O–H groups in total. The molecule has 1 saturated heterocycles. The molecule has 208 valence electrons. The van der Waals surface area contributed by atoms with E-state index < -0.39 is 11.7 Å². The molecule has 1 aliphatic carbocycles. The lowest BCUT2D eigenvalue weighted by Gasteiger charge is -2.23. The van der Waals surface area contributed by atoms with E-state index in [2.05, 4.69) is 5.32 Å². The lowest BCUT2D eigenvalue weighted by atomic mass is 9.97. The summed E-state index contributed by atoms with van der Waals surface area (Å²) in [7, 11) is 0. The van der Waals surface area contributed by atoms with Crippen molar-refractivity contribution in [3.05, 3.63) is 64.6 Å². The van der Waals surface area contributed by atoms with E-state index in [1.54, 1.807) is 4.90 Å². The Bertz CT molecular complexity index is 1230. The maximum atomic E-state index is 13.1. The van der Waals surface area contributed by atoms with Crippen LogP contribution in [0.2, 0.25) is 0 Å². The van der Waals surface area contributed by atoms with Gasteiger partial charge in [-0.05, 0) is 68.9 Å². The van der Waals surface area contributed by atoms with Gasteiger partial charge in [-0.15, -0.1) is 0 Å². The number of thiocarbonyl (C=S) groups is 1. The van der Waals surface area contributed by atoms with E-state index in [0.717, 1.165) is 36.3 Å². The van der Waals surface area contributed by atoms with Gasteiger partial charge in [-0.1, -0.05) is 61.1 Å². The van der Waals surface area contributed by atoms with E-state index in [9.17, 15) is 22.8 Å². The first-order chi connectivity index (χ1) is 18.7. The molecule has 0 spiro atoms. The zero-order chi connectivity index (χ0) is 27.8. The van der Waals surface area contributed by atoms with Crippen LogP contribution >= 0.6 is 24.0 Å². The van der Waals surface area contributed by atoms with Gasteiger partial charge in [0.1, 0.15) is 10.1 Å². The maximum Gasteiger partial charge on any atom is 0.416 e. The Morgan fingerprint density at radius 2 is 1.85 bits per heavy atom. The SMILES string of the molecule is O=C(CCCCCN1C(=O)/C(=C/c2ccccc2OC2CCCCC2)SC1=S)Nc1cccc(C(F)(F)F)c1. The van der Waals surface area contributed by atoms with E-state index in [1.165, 1.54) is 43.2 Å². The minimum absolute atomic E-state index is 0.116. The van der Waals surface area contributed by atoms with Crippen molar-refractivity contribution in [3.8, 4) is 5.75 Å². The molecule has 0 radical (unpaired) electrons. The largest absolute Gasteiger partial charge is 0.490 e. The van der Waals surface area contributed by atoms with Gasteiger partial charge >= 0.3 is 6.18 Å². The summed E-state index contributed by atoms with van der Waals surface area (Å²) >= 11 is 6.73. The zero-order valence-electron chi connectivity index (χ0n) is 21.5. The van der Waals surface area contributed by atoms with Crippen LogP contribution in [-0.4, -0.2) is 33.7 Å². The molecule has 10 heteroatoms. The highest BCUT2D eigenvalue weighted by Gasteiger charge is 2.32. The van der Waals surface area contributed by atoms with Crippen molar-refractivity contribution in [2.24, 2.45) is 0 Å². The molecule has 2 aliphatic rings. The van der Waals surface area contributed by atoms with Gasteiger partial charge in [-0.2, -0.15) is 13.2 Å². The van der Waals surface area contributed by atoms with E-state index in [4.69, 9.17) is 17.0 Å². The van der Waals surface area contributed by atoms with Gasteiger partial charge in [0, 0.05) is 24.2 Å². The van der Waals surface area contributed by atoms with E-state index in [0.29, 0.717) is 35.0 Å². The number of unbranched alkanes of at least 4 members (excludes halogenated alkanes) is 2. The van der Waals surface area contributed by atoms with Gasteiger partial charge < -0.3 is 10.1 Å². The molecule has 39 heavy (non-hydrogen) atoms. The molecule has 1 aliphatic heterocycles. The molecule has 0 aromatic heterocycles. The van der Waals surface area contributed by atoms with Crippen LogP contribution in [-0.2, 0) is 15.8 Å². The Morgan fingerprint density at radius 3 is 2.62 bits per heavy atom. The van der Waals surface area contributed by atoms with Gasteiger partial charge in [0.15, 0.2) is 0 Å². The molecule has 4 rings (SSSR count). The molecule has 0 unspecified atom stereocenters. The van der Waals surface area contributed by atoms with E-state index >= 15 is 0 Å². The van der Waals surface area contributed by atoms with Crippen LogP contribution in [0.15, 0.2) is 53.4 Å². The van der Waals surface area contributed by atoms with Gasteiger partial charge in [-0.3, -0.25) is 14.5 Å². The smallest absolute Gasteiger partial charge is 0.416 e. The Hall–Kier alpha value is -2.85. The number of alkyl halides is 3. The Labute approximate surface area is 236 Å². The van der Waals surface area contributed by atoms with Crippen LogP contribution in [0.25, 0.3) is 6.08 Å². The van der Waals surface area contributed by atoms with Gasteiger partial charge in [-0.25, -0.2) is 0 Å². The third-order valence-corrected chi connectivity index (χ3v) is 8.06.